The van der Waals surface area contributed by atoms with Crippen molar-refractivity contribution in [2.75, 3.05) is 0 Å². The minimum absolute atomic E-state index is 0.192. The smallest absolute Gasteiger partial charge is 0.341 e. The van der Waals surface area contributed by atoms with Crippen molar-refractivity contribution >= 4 is 23.8 Å². The summed E-state index contributed by atoms with van der Waals surface area (Å²) in [7, 11) is 0. The summed E-state index contributed by atoms with van der Waals surface area (Å²) in [5, 5.41) is 0. The lowest BCUT2D eigenvalue weighted by Crippen LogP contribution is -2.57. The lowest BCUT2D eigenvalue weighted by atomic mass is 10.0. The third-order valence-corrected chi connectivity index (χ3v) is 5.29. The van der Waals surface area contributed by atoms with Crippen LogP contribution in [0.15, 0.2) is 0 Å². The summed E-state index contributed by atoms with van der Waals surface area (Å²) in [5.41, 5.74) is 10.4. The third-order valence-electron chi connectivity index (χ3n) is 5.29. The van der Waals surface area contributed by atoms with Gasteiger partial charge in [-0.05, 0) is 54.4 Å². The summed E-state index contributed by atoms with van der Waals surface area (Å²) in [4.78, 5) is 53.9. The highest BCUT2D eigenvalue weighted by atomic mass is 16.6. The molecule has 0 aromatic carbocycles. The molecule has 0 aromatic heterocycles. The number of hydrogen-bond donors (Lipinski definition) is 2. The molecule has 0 heterocycles. The van der Waals surface area contributed by atoms with Gasteiger partial charge in [0.05, 0.1) is 0 Å². The van der Waals surface area contributed by atoms with Crippen LogP contribution in [0, 0.1) is 0 Å². The van der Waals surface area contributed by atoms with Crippen LogP contribution >= 0.6 is 0 Å². The van der Waals surface area contributed by atoms with E-state index in [0.29, 0.717) is 17.7 Å². The Morgan fingerprint density at radius 3 is 1.28 bits per heavy atom. The fourth-order valence-electron chi connectivity index (χ4n) is 3.61. The van der Waals surface area contributed by atoms with E-state index in [-0.39, 0.29) is 12.8 Å². The second kappa shape index (κ2) is 16.0. The molecule has 0 unspecified atom stereocenters. The fourth-order valence-corrected chi connectivity index (χ4v) is 3.61. The van der Waals surface area contributed by atoms with Gasteiger partial charge in [-0.2, -0.15) is 0 Å². The Morgan fingerprint density at radius 1 is 0.667 bits per heavy atom. The first-order chi connectivity index (χ1) is 16.5. The molecule has 0 aromatic rings. The highest BCUT2D eigenvalue weighted by Crippen LogP contribution is 2.20. The van der Waals surface area contributed by atoms with Gasteiger partial charge in [0.15, 0.2) is 0 Å². The molecule has 0 saturated carbocycles. The SMILES string of the molecule is CCCCC[C@H](N)CC(=O)N(C(=O)C[C@@H](N)CCCCC)C(C(=O)OC(C)(C)C)C(=O)OC(C)(C)C. The van der Waals surface area contributed by atoms with Gasteiger partial charge >= 0.3 is 11.9 Å². The molecule has 0 rings (SSSR count). The maximum absolute atomic E-state index is 13.4. The van der Waals surface area contributed by atoms with E-state index in [1.165, 1.54) is 0 Å². The summed E-state index contributed by atoms with van der Waals surface area (Å²) in [6, 6.07) is -2.92. The summed E-state index contributed by atoms with van der Waals surface area (Å²) >= 11 is 0. The first-order valence-corrected chi connectivity index (χ1v) is 13.3. The molecule has 36 heavy (non-hydrogen) atoms. The van der Waals surface area contributed by atoms with E-state index in [2.05, 4.69) is 13.8 Å². The van der Waals surface area contributed by atoms with Crippen LogP contribution in [0.25, 0.3) is 0 Å². The van der Waals surface area contributed by atoms with E-state index >= 15 is 0 Å². The van der Waals surface area contributed by atoms with Crippen LogP contribution in [0.2, 0.25) is 0 Å². The number of carbonyl (C=O) groups excluding carboxylic acids is 4. The molecule has 9 heteroatoms. The first kappa shape index (κ1) is 34.0. The summed E-state index contributed by atoms with van der Waals surface area (Å²) in [6.07, 6.45) is 6.40. The lowest BCUT2D eigenvalue weighted by Gasteiger charge is -2.33. The monoisotopic (exact) mass is 513 g/mol. The minimum atomic E-state index is -1.88. The third kappa shape index (κ3) is 14.5. The number of imide groups is 1. The number of esters is 2. The Morgan fingerprint density at radius 2 is 1.00 bits per heavy atom. The Kier molecular flexibility index (Phi) is 15.1. The zero-order valence-electron chi connectivity index (χ0n) is 23.9. The average Bonchev–Trinajstić information content (AvgIpc) is 2.69. The Bertz CT molecular complexity index is 653. The van der Waals surface area contributed by atoms with Crippen molar-refractivity contribution in [3.63, 3.8) is 0 Å². The maximum Gasteiger partial charge on any atom is 0.341 e. The molecule has 0 saturated heterocycles. The maximum atomic E-state index is 13.4. The molecule has 0 radical (unpaired) electrons. The van der Waals surface area contributed by atoms with Crippen molar-refractivity contribution in [2.45, 2.75) is 149 Å². The van der Waals surface area contributed by atoms with Gasteiger partial charge in [0, 0.05) is 24.9 Å². The zero-order chi connectivity index (χ0) is 28.1. The van der Waals surface area contributed by atoms with Crippen molar-refractivity contribution in [1.82, 2.24) is 4.90 Å². The first-order valence-electron chi connectivity index (χ1n) is 13.3. The van der Waals surface area contributed by atoms with E-state index in [9.17, 15) is 19.2 Å². The molecule has 4 N–H and O–H groups in total. The average molecular weight is 514 g/mol. The molecule has 0 aliphatic rings. The zero-order valence-corrected chi connectivity index (χ0v) is 23.9. The number of carbonyl (C=O) groups is 4. The van der Waals surface area contributed by atoms with Gasteiger partial charge < -0.3 is 20.9 Å². The summed E-state index contributed by atoms with van der Waals surface area (Å²) in [5.74, 6) is -3.49. The van der Waals surface area contributed by atoms with Crippen molar-refractivity contribution in [2.24, 2.45) is 11.5 Å². The largest absolute Gasteiger partial charge is 0.458 e. The van der Waals surface area contributed by atoms with E-state index in [1.807, 2.05) is 0 Å². The molecule has 210 valence electrons. The summed E-state index contributed by atoms with van der Waals surface area (Å²) in [6.45, 7) is 13.9. The topological polar surface area (TPSA) is 142 Å². The number of nitrogens with zero attached hydrogens (tertiary/aromatic N) is 1. The van der Waals surface area contributed by atoms with E-state index < -0.39 is 53.1 Å². The van der Waals surface area contributed by atoms with E-state index in [0.717, 1.165) is 38.5 Å². The molecular weight excluding hydrogens is 462 g/mol. The number of nitrogens with two attached hydrogens (primary N) is 2. The molecule has 0 fully saturated rings. The van der Waals surface area contributed by atoms with Gasteiger partial charge in [-0.1, -0.05) is 52.4 Å². The van der Waals surface area contributed by atoms with Gasteiger partial charge in [0.25, 0.3) is 0 Å². The molecule has 0 aliphatic heterocycles. The molecule has 0 spiro atoms. The van der Waals surface area contributed by atoms with Crippen LogP contribution < -0.4 is 11.5 Å². The van der Waals surface area contributed by atoms with Crippen LogP contribution in [-0.2, 0) is 28.7 Å². The van der Waals surface area contributed by atoms with Gasteiger partial charge in [-0.15, -0.1) is 0 Å². The Labute approximate surface area is 218 Å². The van der Waals surface area contributed by atoms with Crippen LogP contribution in [0.3, 0.4) is 0 Å². The fraction of sp³-hybridized carbons (Fsp3) is 0.852. The van der Waals surface area contributed by atoms with Gasteiger partial charge in [-0.25, -0.2) is 9.59 Å². The highest BCUT2D eigenvalue weighted by molar-refractivity contribution is 6.09. The second-order valence-corrected chi connectivity index (χ2v) is 11.5. The quantitative estimate of drug-likeness (QED) is 0.190. The van der Waals surface area contributed by atoms with Crippen LogP contribution in [0.5, 0.6) is 0 Å². The Balaban J connectivity index is 6.15. The highest BCUT2D eigenvalue weighted by Gasteiger charge is 2.45. The molecule has 0 bridgehead atoms. The standard InChI is InChI=1S/C27H51N3O6/c1-9-11-13-15-19(28)17-21(31)30(22(32)18-20(29)16-14-12-10-2)23(24(33)35-26(3,4)5)25(34)36-27(6,7)8/h19-20,23H,9-18,28-29H2,1-8H3/t19-,20-/m0/s1. The number of rotatable bonds is 15. The molecule has 0 aliphatic carbocycles. The van der Waals surface area contributed by atoms with Crippen molar-refractivity contribution < 1.29 is 28.7 Å². The van der Waals surface area contributed by atoms with Crippen LogP contribution in [-0.4, -0.2) is 58.0 Å². The predicted octanol–water partition coefficient (Wildman–Crippen LogP) is 3.99. The summed E-state index contributed by atoms with van der Waals surface area (Å²) < 4.78 is 10.9. The van der Waals surface area contributed by atoms with Gasteiger partial charge in [0.1, 0.15) is 11.2 Å². The molecule has 2 atom stereocenters. The van der Waals surface area contributed by atoms with Crippen molar-refractivity contribution in [3.8, 4) is 0 Å². The molecular formula is C27H51N3O6. The van der Waals surface area contributed by atoms with Crippen molar-refractivity contribution in [1.29, 1.82) is 0 Å². The minimum Gasteiger partial charge on any atom is -0.458 e. The Hall–Kier alpha value is -2.00. The molecule has 2 amide bonds. The second-order valence-electron chi connectivity index (χ2n) is 11.5. The predicted molar refractivity (Wildman–Crippen MR) is 141 cm³/mol. The normalized spacial score (nSPS) is 13.8. The molecule has 9 nitrogen and oxygen atoms in total. The van der Waals surface area contributed by atoms with Crippen LogP contribution in [0.4, 0.5) is 0 Å². The van der Waals surface area contributed by atoms with Gasteiger partial charge in [-0.3, -0.25) is 14.5 Å². The number of hydrogen-bond acceptors (Lipinski definition) is 8. The number of amides is 2. The van der Waals surface area contributed by atoms with E-state index in [4.69, 9.17) is 20.9 Å². The number of ether oxygens (including phenoxy) is 2. The lowest BCUT2D eigenvalue weighted by molar-refractivity contribution is -0.182. The van der Waals surface area contributed by atoms with Crippen molar-refractivity contribution in [3.05, 3.63) is 0 Å². The van der Waals surface area contributed by atoms with Gasteiger partial charge in [0.2, 0.25) is 17.9 Å². The van der Waals surface area contributed by atoms with E-state index in [1.54, 1.807) is 41.5 Å². The van der Waals surface area contributed by atoms with Crippen LogP contribution in [0.1, 0.15) is 120 Å². The number of unbranched alkanes of at least 4 members (excludes halogenated alkanes) is 4.